The first-order valence-corrected chi connectivity index (χ1v) is 11.8. The van der Waals surface area contributed by atoms with Crippen LogP contribution in [-0.2, 0) is 11.3 Å². The summed E-state index contributed by atoms with van der Waals surface area (Å²) in [6.07, 6.45) is -4.30. The van der Waals surface area contributed by atoms with Crippen molar-refractivity contribution in [3.63, 3.8) is 0 Å². The Hall–Kier alpha value is -4.20. The smallest absolute Gasteiger partial charge is 0.480 e. The van der Waals surface area contributed by atoms with E-state index in [1.165, 1.54) is 35.6 Å². The molecule has 37 heavy (non-hydrogen) atoms. The number of fused-ring (bicyclic) bond motifs is 1. The molecule has 2 heterocycles. The summed E-state index contributed by atoms with van der Waals surface area (Å²) in [5.41, 5.74) is 2.07. The average Bonchev–Trinajstić information content (AvgIpc) is 3.47. The van der Waals surface area contributed by atoms with E-state index >= 15 is 0 Å². The number of thiazole rings is 1. The molecule has 4 rings (SSSR count). The third-order valence-corrected chi connectivity index (χ3v) is 5.87. The fraction of sp³-hybridized carbons (Fsp3) is 0.261. The van der Waals surface area contributed by atoms with E-state index in [1.807, 2.05) is 22.1 Å². The molecule has 0 fully saturated rings. The molecular formula is C23H21F3N4O6S. The normalized spacial score (nSPS) is 12.9. The number of rotatable bonds is 9. The Balaban J connectivity index is 1.56. The van der Waals surface area contributed by atoms with Crippen LogP contribution in [-0.4, -0.2) is 47.9 Å². The highest BCUT2D eigenvalue weighted by Crippen LogP contribution is 2.36. The zero-order valence-electron chi connectivity index (χ0n) is 19.1. The minimum absolute atomic E-state index is 0.132. The maximum Gasteiger partial charge on any atom is 0.573 e. The zero-order chi connectivity index (χ0) is 26.4. The van der Waals surface area contributed by atoms with Gasteiger partial charge in [-0.1, -0.05) is 0 Å². The van der Waals surface area contributed by atoms with E-state index in [1.54, 1.807) is 6.07 Å². The Labute approximate surface area is 211 Å². The van der Waals surface area contributed by atoms with Gasteiger partial charge in [-0.25, -0.2) is 9.79 Å². The summed E-state index contributed by atoms with van der Waals surface area (Å²) in [6.45, 7) is 0.334. The van der Waals surface area contributed by atoms with Crippen molar-refractivity contribution in [1.29, 1.82) is 0 Å². The number of hydrogen-bond acceptors (Lipinski definition) is 7. The first-order valence-electron chi connectivity index (χ1n) is 10.9. The summed E-state index contributed by atoms with van der Waals surface area (Å²) in [7, 11) is 0. The minimum atomic E-state index is -4.78. The number of carboxylic acids is 1. The van der Waals surface area contributed by atoms with Crippen LogP contribution in [0.4, 0.5) is 23.7 Å². The number of aromatic nitrogens is 1. The molecule has 0 saturated carbocycles. The third-order valence-electron chi connectivity index (χ3n) is 5.01. The minimum Gasteiger partial charge on any atom is -0.480 e. The van der Waals surface area contributed by atoms with Gasteiger partial charge < -0.3 is 34.5 Å². The van der Waals surface area contributed by atoms with Crippen LogP contribution in [0.15, 0.2) is 52.8 Å². The van der Waals surface area contributed by atoms with Crippen molar-refractivity contribution in [2.24, 2.45) is 4.99 Å². The van der Waals surface area contributed by atoms with Gasteiger partial charge in [-0.2, -0.15) is 0 Å². The molecule has 196 valence electrons. The fourth-order valence-electron chi connectivity index (χ4n) is 3.41. The molecule has 0 bridgehead atoms. The summed E-state index contributed by atoms with van der Waals surface area (Å²) in [6, 6.07) is 10.1. The SMILES string of the molecule is O=C(O)CNC(=O)NCCCn1c(-c2ccc3c(c2)OCO3)csc1=Nc1ccc(OC(F)(F)F)cc1. The van der Waals surface area contributed by atoms with Crippen LogP contribution in [0.5, 0.6) is 17.2 Å². The first kappa shape index (κ1) is 25.9. The third kappa shape index (κ3) is 7.16. The van der Waals surface area contributed by atoms with E-state index in [9.17, 15) is 22.8 Å². The van der Waals surface area contributed by atoms with Crippen molar-refractivity contribution in [2.75, 3.05) is 19.9 Å². The van der Waals surface area contributed by atoms with E-state index in [2.05, 4.69) is 20.4 Å². The lowest BCUT2D eigenvalue weighted by Gasteiger charge is -2.11. The summed E-state index contributed by atoms with van der Waals surface area (Å²) < 4.78 is 54.0. The second-order valence-corrected chi connectivity index (χ2v) is 8.47. The van der Waals surface area contributed by atoms with E-state index in [0.717, 1.165) is 11.3 Å². The molecule has 0 saturated heterocycles. The van der Waals surface area contributed by atoms with Gasteiger partial charge in [-0.3, -0.25) is 4.79 Å². The number of urea groups is 1. The summed E-state index contributed by atoms with van der Waals surface area (Å²) in [4.78, 5) is 27.4. The first-order chi connectivity index (χ1) is 17.7. The van der Waals surface area contributed by atoms with Crippen molar-refractivity contribution >= 4 is 29.0 Å². The van der Waals surface area contributed by atoms with Gasteiger partial charge in [0.15, 0.2) is 16.3 Å². The van der Waals surface area contributed by atoms with Gasteiger partial charge in [0.25, 0.3) is 0 Å². The molecule has 14 heteroatoms. The highest BCUT2D eigenvalue weighted by Gasteiger charge is 2.31. The lowest BCUT2D eigenvalue weighted by Crippen LogP contribution is -2.39. The fourth-order valence-corrected chi connectivity index (χ4v) is 4.37. The van der Waals surface area contributed by atoms with Crippen molar-refractivity contribution in [2.45, 2.75) is 19.3 Å². The highest BCUT2D eigenvalue weighted by atomic mass is 32.1. The lowest BCUT2D eigenvalue weighted by atomic mass is 10.1. The number of hydrogen-bond donors (Lipinski definition) is 3. The number of ether oxygens (including phenoxy) is 3. The molecule has 0 atom stereocenters. The molecule has 0 aliphatic carbocycles. The summed E-state index contributed by atoms with van der Waals surface area (Å²) in [5.74, 6) is -0.264. The van der Waals surface area contributed by atoms with E-state index < -0.39 is 24.9 Å². The van der Waals surface area contributed by atoms with Crippen molar-refractivity contribution < 1.29 is 42.1 Å². The molecule has 1 aliphatic rings. The Morgan fingerprint density at radius 2 is 1.86 bits per heavy atom. The number of halogens is 3. The Morgan fingerprint density at radius 3 is 2.59 bits per heavy atom. The van der Waals surface area contributed by atoms with Crippen molar-refractivity contribution in [3.8, 4) is 28.5 Å². The number of alkyl halides is 3. The molecule has 10 nitrogen and oxygen atoms in total. The number of benzene rings is 2. The Kier molecular flexibility index (Phi) is 7.86. The van der Waals surface area contributed by atoms with E-state index in [-0.39, 0.29) is 19.1 Å². The van der Waals surface area contributed by atoms with Crippen LogP contribution in [0.3, 0.4) is 0 Å². The number of amides is 2. The topological polar surface area (TPSA) is 123 Å². The second-order valence-electron chi connectivity index (χ2n) is 7.63. The lowest BCUT2D eigenvalue weighted by molar-refractivity contribution is -0.274. The number of carboxylic acid groups (broad SMARTS) is 1. The van der Waals surface area contributed by atoms with Crippen LogP contribution in [0.1, 0.15) is 6.42 Å². The van der Waals surface area contributed by atoms with Crippen LogP contribution < -0.4 is 29.6 Å². The number of aliphatic carboxylic acids is 1. The molecule has 0 spiro atoms. The predicted octanol–water partition coefficient (Wildman–Crippen LogP) is 3.85. The summed E-state index contributed by atoms with van der Waals surface area (Å²) >= 11 is 1.34. The molecule has 1 aliphatic heterocycles. The van der Waals surface area contributed by atoms with E-state index in [0.29, 0.717) is 35.0 Å². The van der Waals surface area contributed by atoms with Crippen LogP contribution in [0, 0.1) is 0 Å². The monoisotopic (exact) mass is 538 g/mol. The maximum absolute atomic E-state index is 12.4. The Bertz CT molecular complexity index is 1340. The molecule has 2 aromatic carbocycles. The number of carbonyl (C=O) groups excluding carboxylic acids is 1. The molecule has 3 aromatic rings. The molecule has 0 unspecified atom stereocenters. The molecule has 3 N–H and O–H groups in total. The number of carbonyl (C=O) groups is 2. The molecular weight excluding hydrogens is 517 g/mol. The standard InChI is InChI=1S/C23H21F3N4O6S/c24-23(25,26)36-16-5-3-15(4-6-16)29-22-30(9-1-8-27-21(33)28-11-20(31)32)17(12-37-22)14-2-7-18-19(10-14)35-13-34-18/h2-7,10,12H,1,8-9,11,13H2,(H,31,32)(H2,27,28,33). The van der Waals surface area contributed by atoms with Gasteiger partial charge in [-0.15, -0.1) is 24.5 Å². The van der Waals surface area contributed by atoms with Crippen LogP contribution in [0.25, 0.3) is 11.3 Å². The van der Waals surface area contributed by atoms with Crippen LogP contribution in [0.2, 0.25) is 0 Å². The molecule has 1 aromatic heterocycles. The maximum atomic E-state index is 12.4. The largest absolute Gasteiger partial charge is 0.573 e. The molecule has 0 radical (unpaired) electrons. The number of nitrogens with one attached hydrogen (secondary N) is 2. The van der Waals surface area contributed by atoms with Crippen molar-refractivity contribution in [1.82, 2.24) is 15.2 Å². The van der Waals surface area contributed by atoms with Gasteiger partial charge in [-0.05, 0) is 48.9 Å². The van der Waals surface area contributed by atoms with Crippen molar-refractivity contribution in [3.05, 3.63) is 52.6 Å². The van der Waals surface area contributed by atoms with Gasteiger partial charge in [0.1, 0.15) is 12.3 Å². The van der Waals surface area contributed by atoms with Gasteiger partial charge in [0.05, 0.1) is 11.4 Å². The predicted molar refractivity (Wildman–Crippen MR) is 126 cm³/mol. The van der Waals surface area contributed by atoms with Gasteiger partial charge >= 0.3 is 18.4 Å². The van der Waals surface area contributed by atoms with Gasteiger partial charge in [0, 0.05) is 24.0 Å². The van der Waals surface area contributed by atoms with E-state index in [4.69, 9.17) is 14.6 Å². The van der Waals surface area contributed by atoms with Crippen LogP contribution >= 0.6 is 11.3 Å². The van der Waals surface area contributed by atoms with Gasteiger partial charge in [0.2, 0.25) is 6.79 Å². The summed E-state index contributed by atoms with van der Waals surface area (Å²) in [5, 5.41) is 15.3. The Morgan fingerprint density at radius 1 is 1.11 bits per heavy atom. The second kappa shape index (κ2) is 11.2. The highest BCUT2D eigenvalue weighted by molar-refractivity contribution is 7.07. The molecule has 2 amide bonds. The number of nitrogens with zero attached hydrogens (tertiary/aromatic N) is 2. The average molecular weight is 539 g/mol. The quantitative estimate of drug-likeness (QED) is 0.356. The zero-order valence-corrected chi connectivity index (χ0v) is 19.9.